The average Bonchev–Trinajstić information content (AvgIpc) is 3.02. The number of aromatic hydroxyl groups is 1. The van der Waals surface area contributed by atoms with Gasteiger partial charge in [-0.25, -0.2) is 5.43 Å². The number of thiophene rings is 1. The van der Waals surface area contributed by atoms with Crippen LogP contribution in [0.4, 0.5) is 0 Å². The van der Waals surface area contributed by atoms with E-state index in [9.17, 15) is 9.90 Å². The standard InChI is InChI=1S/C18H16N2O3S/c1-2-23-16-9-12(7-8-15(16)21)10-19-20-18(22)14-11-24-17-6-4-3-5-13(14)17/h3-11,21H,2H2,1H3,(H,20,22)/b19-10+. The molecule has 0 atom stereocenters. The molecule has 5 nitrogen and oxygen atoms in total. The number of hydrogen-bond donors (Lipinski definition) is 2. The summed E-state index contributed by atoms with van der Waals surface area (Å²) in [5.41, 5.74) is 3.85. The lowest BCUT2D eigenvalue weighted by Gasteiger charge is -2.06. The van der Waals surface area contributed by atoms with Crippen LogP contribution < -0.4 is 10.2 Å². The maximum Gasteiger partial charge on any atom is 0.272 e. The van der Waals surface area contributed by atoms with Gasteiger partial charge in [-0.2, -0.15) is 5.10 Å². The van der Waals surface area contributed by atoms with Crippen molar-refractivity contribution in [1.82, 2.24) is 5.43 Å². The van der Waals surface area contributed by atoms with E-state index >= 15 is 0 Å². The highest BCUT2D eigenvalue weighted by Gasteiger charge is 2.10. The van der Waals surface area contributed by atoms with E-state index in [1.807, 2.05) is 36.6 Å². The maximum absolute atomic E-state index is 12.3. The Morgan fingerprint density at radius 1 is 1.33 bits per heavy atom. The van der Waals surface area contributed by atoms with Gasteiger partial charge in [0.15, 0.2) is 11.5 Å². The second kappa shape index (κ2) is 7.14. The third kappa shape index (κ3) is 3.38. The first-order valence-electron chi connectivity index (χ1n) is 7.44. The molecule has 0 aliphatic carbocycles. The molecule has 0 unspecified atom stereocenters. The molecular weight excluding hydrogens is 324 g/mol. The Kier molecular flexibility index (Phi) is 4.77. The molecule has 122 valence electrons. The fourth-order valence-electron chi connectivity index (χ4n) is 2.26. The Balaban J connectivity index is 1.72. The number of hydrogen-bond acceptors (Lipinski definition) is 5. The van der Waals surface area contributed by atoms with Gasteiger partial charge < -0.3 is 9.84 Å². The number of nitrogens with one attached hydrogen (secondary N) is 1. The van der Waals surface area contributed by atoms with Gasteiger partial charge in [-0.05, 0) is 36.8 Å². The number of phenolic OH excluding ortho intramolecular Hbond substituents is 1. The Hall–Kier alpha value is -2.86. The van der Waals surface area contributed by atoms with Gasteiger partial charge >= 0.3 is 0 Å². The van der Waals surface area contributed by atoms with Crippen LogP contribution in [-0.2, 0) is 0 Å². The molecule has 0 saturated heterocycles. The van der Waals surface area contributed by atoms with Gasteiger partial charge in [0.05, 0.1) is 18.4 Å². The molecule has 0 spiro atoms. The zero-order valence-corrected chi connectivity index (χ0v) is 13.8. The summed E-state index contributed by atoms with van der Waals surface area (Å²) in [6.45, 7) is 2.29. The molecule has 1 heterocycles. The highest BCUT2D eigenvalue weighted by Crippen LogP contribution is 2.26. The molecule has 2 N–H and O–H groups in total. The lowest BCUT2D eigenvalue weighted by molar-refractivity contribution is 0.0957. The molecule has 0 bridgehead atoms. The number of phenols is 1. The van der Waals surface area contributed by atoms with Crippen LogP contribution in [0.15, 0.2) is 52.9 Å². The Morgan fingerprint density at radius 2 is 2.17 bits per heavy atom. The summed E-state index contributed by atoms with van der Waals surface area (Å²) in [6.07, 6.45) is 1.51. The molecule has 0 fully saturated rings. The molecular formula is C18H16N2O3S. The van der Waals surface area contributed by atoms with Gasteiger partial charge in [-0.1, -0.05) is 18.2 Å². The second-order valence-corrected chi connectivity index (χ2v) is 5.92. The van der Waals surface area contributed by atoms with E-state index in [-0.39, 0.29) is 11.7 Å². The van der Waals surface area contributed by atoms with Crippen molar-refractivity contribution >= 4 is 33.5 Å². The normalized spacial score (nSPS) is 11.0. The largest absolute Gasteiger partial charge is 0.504 e. The van der Waals surface area contributed by atoms with E-state index in [0.29, 0.717) is 23.5 Å². The molecule has 3 rings (SSSR count). The van der Waals surface area contributed by atoms with Crippen molar-refractivity contribution in [2.45, 2.75) is 6.92 Å². The van der Waals surface area contributed by atoms with Crippen LogP contribution in [0.1, 0.15) is 22.8 Å². The minimum atomic E-state index is -0.257. The molecule has 24 heavy (non-hydrogen) atoms. The highest BCUT2D eigenvalue weighted by molar-refractivity contribution is 7.17. The minimum Gasteiger partial charge on any atom is -0.504 e. The number of rotatable bonds is 5. The van der Waals surface area contributed by atoms with Crippen molar-refractivity contribution in [1.29, 1.82) is 0 Å². The fourth-order valence-corrected chi connectivity index (χ4v) is 3.20. The summed E-state index contributed by atoms with van der Waals surface area (Å²) in [5.74, 6) is 0.201. The number of amides is 1. The van der Waals surface area contributed by atoms with Crippen molar-refractivity contribution in [3.8, 4) is 11.5 Å². The Morgan fingerprint density at radius 3 is 3.00 bits per heavy atom. The van der Waals surface area contributed by atoms with Gasteiger partial charge in [-0.15, -0.1) is 11.3 Å². The molecule has 2 aromatic carbocycles. The zero-order valence-electron chi connectivity index (χ0n) is 13.0. The van der Waals surface area contributed by atoms with Crippen LogP contribution >= 0.6 is 11.3 Å². The van der Waals surface area contributed by atoms with Crippen molar-refractivity contribution in [2.24, 2.45) is 5.10 Å². The molecule has 0 aliphatic rings. The molecule has 1 amide bonds. The summed E-state index contributed by atoms with van der Waals surface area (Å²) in [4.78, 5) is 12.3. The van der Waals surface area contributed by atoms with Crippen molar-refractivity contribution in [3.05, 3.63) is 59.0 Å². The van der Waals surface area contributed by atoms with E-state index in [4.69, 9.17) is 4.74 Å². The predicted molar refractivity (Wildman–Crippen MR) is 96.2 cm³/mol. The molecule has 1 aromatic heterocycles. The summed E-state index contributed by atoms with van der Waals surface area (Å²) < 4.78 is 6.38. The fraction of sp³-hybridized carbons (Fsp3) is 0.111. The van der Waals surface area contributed by atoms with E-state index in [2.05, 4.69) is 10.5 Å². The number of carbonyl (C=O) groups is 1. The molecule has 0 aliphatic heterocycles. The maximum atomic E-state index is 12.3. The van der Waals surface area contributed by atoms with E-state index < -0.39 is 0 Å². The van der Waals surface area contributed by atoms with Gasteiger partial charge in [0.25, 0.3) is 5.91 Å². The predicted octanol–water partition coefficient (Wildman–Crippen LogP) is 3.77. The SMILES string of the molecule is CCOc1cc(/C=N/NC(=O)c2csc3ccccc23)ccc1O. The summed E-state index contributed by atoms with van der Waals surface area (Å²) in [7, 11) is 0. The Labute approximate surface area is 143 Å². The number of nitrogens with zero attached hydrogens (tertiary/aromatic N) is 1. The molecule has 0 saturated carbocycles. The number of benzene rings is 2. The van der Waals surface area contributed by atoms with Crippen LogP contribution in [0.5, 0.6) is 11.5 Å². The summed E-state index contributed by atoms with van der Waals surface area (Å²) in [5, 5.41) is 16.4. The average molecular weight is 340 g/mol. The molecule has 6 heteroatoms. The highest BCUT2D eigenvalue weighted by atomic mass is 32.1. The van der Waals surface area contributed by atoms with Crippen molar-refractivity contribution in [2.75, 3.05) is 6.61 Å². The first kappa shape index (κ1) is 16.0. The van der Waals surface area contributed by atoms with Crippen LogP contribution in [0.25, 0.3) is 10.1 Å². The quantitative estimate of drug-likeness (QED) is 0.549. The van der Waals surface area contributed by atoms with Crippen molar-refractivity contribution in [3.63, 3.8) is 0 Å². The molecule has 3 aromatic rings. The lowest BCUT2D eigenvalue weighted by Crippen LogP contribution is -2.17. The number of fused-ring (bicyclic) bond motifs is 1. The van der Waals surface area contributed by atoms with Gasteiger partial charge in [0.1, 0.15) is 0 Å². The second-order valence-electron chi connectivity index (χ2n) is 5.00. The topological polar surface area (TPSA) is 70.9 Å². The van der Waals surface area contributed by atoms with Crippen molar-refractivity contribution < 1.29 is 14.6 Å². The number of hydrazone groups is 1. The smallest absolute Gasteiger partial charge is 0.272 e. The van der Waals surface area contributed by atoms with Gasteiger partial charge in [-0.3, -0.25) is 4.79 Å². The third-order valence-electron chi connectivity index (χ3n) is 3.39. The van der Waals surface area contributed by atoms with Crippen LogP contribution in [0, 0.1) is 0 Å². The van der Waals surface area contributed by atoms with E-state index in [0.717, 1.165) is 10.1 Å². The molecule has 0 radical (unpaired) electrons. The van der Waals surface area contributed by atoms with E-state index in [1.54, 1.807) is 12.1 Å². The van der Waals surface area contributed by atoms with Crippen LogP contribution in [0.3, 0.4) is 0 Å². The first-order chi connectivity index (χ1) is 11.7. The monoisotopic (exact) mass is 340 g/mol. The Bertz CT molecular complexity index is 902. The minimum absolute atomic E-state index is 0.0720. The lowest BCUT2D eigenvalue weighted by atomic mass is 10.2. The van der Waals surface area contributed by atoms with Gasteiger partial charge in [0.2, 0.25) is 0 Å². The van der Waals surface area contributed by atoms with Gasteiger partial charge in [0, 0.05) is 15.5 Å². The summed E-state index contributed by atoms with van der Waals surface area (Å²) in [6, 6.07) is 12.6. The van der Waals surface area contributed by atoms with Crippen LogP contribution in [-0.4, -0.2) is 23.8 Å². The van der Waals surface area contributed by atoms with Crippen LogP contribution in [0.2, 0.25) is 0 Å². The number of ether oxygens (including phenoxy) is 1. The summed E-state index contributed by atoms with van der Waals surface area (Å²) >= 11 is 1.52. The zero-order chi connectivity index (χ0) is 16.9. The first-order valence-corrected chi connectivity index (χ1v) is 8.32. The van der Waals surface area contributed by atoms with E-state index in [1.165, 1.54) is 23.6 Å². The number of carbonyl (C=O) groups excluding carboxylic acids is 1. The third-order valence-corrected chi connectivity index (χ3v) is 4.35.